The highest BCUT2D eigenvalue weighted by Crippen LogP contribution is 2.24. The first-order valence-corrected chi connectivity index (χ1v) is 7.76. The molecule has 0 amide bonds. The largest absolute Gasteiger partial charge is 0.390 e. The summed E-state index contributed by atoms with van der Waals surface area (Å²) >= 11 is 0. The van der Waals surface area contributed by atoms with Gasteiger partial charge in [-0.2, -0.15) is 0 Å². The zero-order chi connectivity index (χ0) is 15.3. The minimum absolute atomic E-state index is 0.553. The molecule has 0 spiro atoms. The number of hydrogen-bond acceptors (Lipinski definition) is 2. The van der Waals surface area contributed by atoms with Crippen molar-refractivity contribution in [3.8, 4) is 11.3 Å². The number of nitrogens with one attached hydrogen (secondary N) is 1. The Morgan fingerprint density at radius 3 is 2.62 bits per heavy atom. The molecule has 0 bridgehead atoms. The molecule has 1 atom stereocenters. The van der Waals surface area contributed by atoms with Gasteiger partial charge >= 0.3 is 0 Å². The molecule has 0 saturated carbocycles. The van der Waals surface area contributed by atoms with Gasteiger partial charge in [0.1, 0.15) is 0 Å². The molecule has 2 aromatic rings. The first-order chi connectivity index (χ1) is 9.96. The molecule has 1 aromatic carbocycles. The Labute approximate surface area is 127 Å². The van der Waals surface area contributed by atoms with Gasteiger partial charge in [0.05, 0.1) is 17.6 Å². The van der Waals surface area contributed by atoms with E-state index in [1.807, 2.05) is 32.0 Å². The van der Waals surface area contributed by atoms with Crippen LogP contribution in [0, 0.1) is 5.92 Å². The second kappa shape index (κ2) is 6.90. The van der Waals surface area contributed by atoms with Crippen molar-refractivity contribution in [2.24, 2.45) is 5.92 Å². The number of nitrogens with zero attached hydrogens (tertiary/aromatic N) is 1. The Hall–Kier alpha value is -1.61. The first kappa shape index (κ1) is 15.8. The highest BCUT2D eigenvalue weighted by atomic mass is 16.3. The second-order valence-corrected chi connectivity index (χ2v) is 6.61. The summed E-state index contributed by atoms with van der Waals surface area (Å²) in [7, 11) is 0. The number of benzene rings is 1. The third-order valence-corrected chi connectivity index (χ3v) is 3.80. The van der Waals surface area contributed by atoms with Crippen LogP contribution in [0.1, 0.15) is 45.7 Å². The van der Waals surface area contributed by atoms with E-state index in [4.69, 9.17) is 0 Å². The van der Waals surface area contributed by atoms with E-state index >= 15 is 0 Å². The molecule has 0 unspecified atom stereocenters. The minimum Gasteiger partial charge on any atom is -0.390 e. The van der Waals surface area contributed by atoms with Crippen LogP contribution in [-0.2, 0) is 6.42 Å². The van der Waals surface area contributed by atoms with E-state index in [1.54, 1.807) is 6.33 Å². The molecule has 1 aromatic heterocycles. The van der Waals surface area contributed by atoms with Crippen molar-refractivity contribution < 1.29 is 5.11 Å². The van der Waals surface area contributed by atoms with Crippen LogP contribution in [0.5, 0.6) is 0 Å². The minimum atomic E-state index is -0.553. The maximum Gasteiger partial charge on any atom is 0.0929 e. The van der Waals surface area contributed by atoms with E-state index in [9.17, 15) is 5.11 Å². The summed E-state index contributed by atoms with van der Waals surface area (Å²) in [5.74, 6) is 0.579. The van der Waals surface area contributed by atoms with Crippen LogP contribution in [-0.4, -0.2) is 20.7 Å². The quantitative estimate of drug-likeness (QED) is 0.801. The van der Waals surface area contributed by atoms with Gasteiger partial charge in [-0.1, -0.05) is 50.1 Å². The fourth-order valence-electron chi connectivity index (χ4n) is 2.66. The second-order valence-electron chi connectivity index (χ2n) is 6.61. The van der Waals surface area contributed by atoms with Gasteiger partial charge in [0.15, 0.2) is 0 Å². The number of aromatic amines is 1. The van der Waals surface area contributed by atoms with Gasteiger partial charge in [-0.15, -0.1) is 0 Å². The van der Waals surface area contributed by atoms with E-state index in [-0.39, 0.29) is 0 Å². The Bertz CT molecular complexity index is 540. The topological polar surface area (TPSA) is 48.9 Å². The van der Waals surface area contributed by atoms with Gasteiger partial charge < -0.3 is 10.1 Å². The number of rotatable bonds is 7. The van der Waals surface area contributed by atoms with Crippen LogP contribution in [0.25, 0.3) is 11.3 Å². The van der Waals surface area contributed by atoms with Gasteiger partial charge in [0.2, 0.25) is 0 Å². The number of imidazole rings is 1. The van der Waals surface area contributed by atoms with Crippen LogP contribution >= 0.6 is 0 Å². The smallest absolute Gasteiger partial charge is 0.0929 e. The molecule has 21 heavy (non-hydrogen) atoms. The van der Waals surface area contributed by atoms with Gasteiger partial charge in [0.25, 0.3) is 0 Å². The van der Waals surface area contributed by atoms with E-state index in [0.29, 0.717) is 5.92 Å². The molecule has 2 rings (SSSR count). The fraction of sp³-hybridized carbons (Fsp3) is 0.500. The van der Waals surface area contributed by atoms with Gasteiger partial charge in [0, 0.05) is 11.3 Å². The SMILES string of the molecule is C[C@H](CCCC(C)(C)O)Cc1[nH]cnc1-c1ccccc1. The monoisotopic (exact) mass is 286 g/mol. The van der Waals surface area contributed by atoms with Crippen molar-refractivity contribution in [3.63, 3.8) is 0 Å². The molecule has 0 aliphatic carbocycles. The lowest BCUT2D eigenvalue weighted by Gasteiger charge is -2.18. The van der Waals surface area contributed by atoms with E-state index < -0.39 is 5.60 Å². The fourth-order valence-corrected chi connectivity index (χ4v) is 2.66. The maximum absolute atomic E-state index is 9.76. The summed E-state index contributed by atoms with van der Waals surface area (Å²) in [6.07, 6.45) is 5.81. The Morgan fingerprint density at radius 1 is 1.24 bits per heavy atom. The van der Waals surface area contributed by atoms with Crippen molar-refractivity contribution in [2.45, 2.75) is 52.1 Å². The summed E-state index contributed by atoms with van der Waals surface area (Å²) in [6, 6.07) is 10.3. The molecule has 1 heterocycles. The Kier molecular flexibility index (Phi) is 5.18. The molecule has 2 N–H and O–H groups in total. The lowest BCUT2D eigenvalue weighted by atomic mass is 9.93. The Balaban J connectivity index is 1.93. The molecule has 0 aliphatic rings. The lowest BCUT2D eigenvalue weighted by molar-refractivity contribution is 0.0670. The van der Waals surface area contributed by atoms with E-state index in [2.05, 4.69) is 29.0 Å². The molecular formula is C18H26N2O. The van der Waals surface area contributed by atoms with Crippen molar-refractivity contribution >= 4 is 0 Å². The maximum atomic E-state index is 9.76. The van der Waals surface area contributed by atoms with Crippen molar-refractivity contribution in [2.75, 3.05) is 0 Å². The molecule has 0 aliphatic heterocycles. The average molecular weight is 286 g/mol. The zero-order valence-corrected chi connectivity index (χ0v) is 13.3. The van der Waals surface area contributed by atoms with Gasteiger partial charge in [-0.3, -0.25) is 0 Å². The highest BCUT2D eigenvalue weighted by Gasteiger charge is 2.15. The summed E-state index contributed by atoms with van der Waals surface area (Å²) in [5, 5.41) is 9.76. The average Bonchev–Trinajstić information content (AvgIpc) is 2.86. The third-order valence-electron chi connectivity index (χ3n) is 3.80. The van der Waals surface area contributed by atoms with Crippen molar-refractivity contribution in [1.29, 1.82) is 0 Å². The number of H-pyrrole nitrogens is 1. The summed E-state index contributed by atoms with van der Waals surface area (Å²) in [4.78, 5) is 7.74. The van der Waals surface area contributed by atoms with Gasteiger partial charge in [-0.25, -0.2) is 4.98 Å². The summed E-state index contributed by atoms with van der Waals surface area (Å²) in [6.45, 7) is 6.01. The van der Waals surface area contributed by atoms with Gasteiger partial charge in [-0.05, 0) is 32.6 Å². The van der Waals surface area contributed by atoms with Crippen LogP contribution in [0.3, 0.4) is 0 Å². The third kappa shape index (κ3) is 5.01. The predicted octanol–water partition coefficient (Wildman–Crippen LogP) is 4.20. The van der Waals surface area contributed by atoms with Crippen LogP contribution in [0.2, 0.25) is 0 Å². The molecule has 0 radical (unpaired) electrons. The number of aromatic nitrogens is 2. The number of hydrogen-bond donors (Lipinski definition) is 2. The lowest BCUT2D eigenvalue weighted by Crippen LogP contribution is -2.18. The molecule has 114 valence electrons. The molecule has 3 nitrogen and oxygen atoms in total. The first-order valence-electron chi connectivity index (χ1n) is 7.76. The highest BCUT2D eigenvalue weighted by molar-refractivity contribution is 5.61. The Morgan fingerprint density at radius 2 is 1.95 bits per heavy atom. The molecule has 0 fully saturated rings. The summed E-state index contributed by atoms with van der Waals surface area (Å²) in [5.41, 5.74) is 2.88. The number of aliphatic hydroxyl groups is 1. The molecule has 3 heteroatoms. The standard InChI is InChI=1S/C18H26N2O/c1-14(8-7-11-18(2,3)21)12-16-17(20-13-19-16)15-9-5-4-6-10-15/h4-6,9-10,13-14,21H,7-8,11-12H2,1-3H3,(H,19,20)/t14-/m1/s1. The van der Waals surface area contributed by atoms with Crippen LogP contribution in [0.15, 0.2) is 36.7 Å². The van der Waals surface area contributed by atoms with Crippen LogP contribution in [0.4, 0.5) is 0 Å². The zero-order valence-electron chi connectivity index (χ0n) is 13.3. The molecular weight excluding hydrogens is 260 g/mol. The normalized spacial score (nSPS) is 13.3. The molecule has 0 saturated heterocycles. The van der Waals surface area contributed by atoms with Crippen molar-refractivity contribution in [1.82, 2.24) is 9.97 Å². The van der Waals surface area contributed by atoms with E-state index in [1.165, 1.54) is 5.69 Å². The van der Waals surface area contributed by atoms with Crippen LogP contribution < -0.4 is 0 Å². The predicted molar refractivity (Wildman–Crippen MR) is 87.0 cm³/mol. The summed E-state index contributed by atoms with van der Waals surface area (Å²) < 4.78 is 0. The van der Waals surface area contributed by atoms with E-state index in [0.717, 1.165) is 36.9 Å². The van der Waals surface area contributed by atoms with Crippen molar-refractivity contribution in [3.05, 3.63) is 42.4 Å².